The molecule has 1 unspecified atom stereocenters. The molecule has 26 heavy (non-hydrogen) atoms. The Morgan fingerprint density at radius 2 is 1.96 bits per heavy atom. The van der Waals surface area contributed by atoms with Crippen LogP contribution in [0.5, 0.6) is 0 Å². The van der Waals surface area contributed by atoms with Crippen molar-refractivity contribution >= 4 is 41.6 Å². The summed E-state index contributed by atoms with van der Waals surface area (Å²) in [7, 11) is 0. The number of nitrogens with two attached hydrogens (primary N) is 1. The SMILES string of the molecule is CC(CN)(NC(=O)c1cc(C2CC2)nc2ccc(F)cc12)C1CC1.Cl.Cl. The minimum atomic E-state index is -0.403. The topological polar surface area (TPSA) is 68.0 Å². The number of fused-ring (bicyclic) bond motifs is 1. The largest absolute Gasteiger partial charge is 0.345 e. The Morgan fingerprint density at radius 3 is 2.54 bits per heavy atom. The maximum absolute atomic E-state index is 13.7. The fourth-order valence-corrected chi connectivity index (χ4v) is 3.36. The summed E-state index contributed by atoms with van der Waals surface area (Å²) in [4.78, 5) is 17.6. The summed E-state index contributed by atoms with van der Waals surface area (Å²) in [6, 6.07) is 6.27. The summed E-state index contributed by atoms with van der Waals surface area (Å²) in [5.74, 6) is 0.311. The van der Waals surface area contributed by atoms with E-state index in [9.17, 15) is 9.18 Å². The third kappa shape index (κ3) is 3.95. The molecule has 1 amide bonds. The number of carbonyl (C=O) groups excluding carboxylic acids is 1. The highest BCUT2D eigenvalue weighted by atomic mass is 35.5. The number of carbonyl (C=O) groups is 1. The van der Waals surface area contributed by atoms with E-state index in [1.54, 1.807) is 6.07 Å². The Bertz CT molecular complexity index is 824. The van der Waals surface area contributed by atoms with Gasteiger partial charge < -0.3 is 11.1 Å². The zero-order chi connectivity index (χ0) is 16.9. The fourth-order valence-electron chi connectivity index (χ4n) is 3.36. The van der Waals surface area contributed by atoms with E-state index in [-0.39, 0.29) is 36.5 Å². The number of nitrogens with zero attached hydrogens (tertiary/aromatic N) is 1. The van der Waals surface area contributed by atoms with Gasteiger partial charge in [0.25, 0.3) is 5.91 Å². The lowest BCUT2D eigenvalue weighted by Gasteiger charge is -2.29. The van der Waals surface area contributed by atoms with Crippen LogP contribution < -0.4 is 11.1 Å². The molecule has 0 bridgehead atoms. The molecule has 0 aliphatic heterocycles. The van der Waals surface area contributed by atoms with Crippen molar-refractivity contribution in [2.75, 3.05) is 6.54 Å². The Hall–Kier alpha value is -1.43. The first kappa shape index (κ1) is 20.9. The first-order valence-electron chi connectivity index (χ1n) is 8.63. The average molecular weight is 400 g/mol. The number of hydrogen-bond acceptors (Lipinski definition) is 3. The highest BCUT2D eigenvalue weighted by Gasteiger charge is 2.42. The van der Waals surface area contributed by atoms with Crippen LogP contribution in [0.25, 0.3) is 10.9 Å². The zero-order valence-corrected chi connectivity index (χ0v) is 16.3. The van der Waals surface area contributed by atoms with E-state index in [1.165, 1.54) is 12.1 Å². The lowest BCUT2D eigenvalue weighted by Crippen LogP contribution is -2.53. The molecule has 2 fully saturated rings. The molecule has 0 saturated heterocycles. The van der Waals surface area contributed by atoms with Gasteiger partial charge in [0.2, 0.25) is 0 Å². The van der Waals surface area contributed by atoms with Crippen LogP contribution in [0.4, 0.5) is 4.39 Å². The van der Waals surface area contributed by atoms with Crippen LogP contribution in [0.15, 0.2) is 24.3 Å². The van der Waals surface area contributed by atoms with Crippen molar-refractivity contribution in [3.63, 3.8) is 0 Å². The molecule has 142 valence electrons. The van der Waals surface area contributed by atoms with Crippen molar-refractivity contribution in [2.24, 2.45) is 11.7 Å². The molecule has 1 aromatic heterocycles. The Balaban J connectivity index is 0.00000121. The standard InChI is InChI=1S/C19H22FN3O.2ClH/c1-19(10-21,12-4-5-12)23-18(24)15-9-17(11-2-3-11)22-16-7-6-13(20)8-14(15)16;;/h6-9,11-12H,2-5,10,21H2,1H3,(H,23,24);2*1H. The molecule has 4 rings (SSSR count). The lowest BCUT2D eigenvalue weighted by atomic mass is 9.94. The van der Waals surface area contributed by atoms with Crippen molar-refractivity contribution in [1.29, 1.82) is 0 Å². The molecule has 0 spiro atoms. The fraction of sp³-hybridized carbons (Fsp3) is 0.474. The number of amides is 1. The molecular formula is C19H24Cl2FN3O. The quantitative estimate of drug-likeness (QED) is 0.799. The number of rotatable bonds is 5. The smallest absolute Gasteiger partial charge is 0.252 e. The number of nitrogens with one attached hydrogen (secondary N) is 1. The Kier molecular flexibility index (Phi) is 6.16. The molecule has 3 N–H and O–H groups in total. The van der Waals surface area contributed by atoms with Crippen molar-refractivity contribution in [2.45, 2.75) is 44.1 Å². The molecule has 2 aromatic rings. The van der Waals surface area contributed by atoms with Crippen LogP contribution in [0.1, 0.15) is 54.6 Å². The number of hydrogen-bond donors (Lipinski definition) is 2. The molecule has 2 saturated carbocycles. The van der Waals surface area contributed by atoms with E-state index < -0.39 is 5.54 Å². The van der Waals surface area contributed by atoms with Gasteiger partial charge in [-0.3, -0.25) is 9.78 Å². The molecule has 1 atom stereocenters. The van der Waals surface area contributed by atoms with Gasteiger partial charge >= 0.3 is 0 Å². The predicted molar refractivity (Wildman–Crippen MR) is 106 cm³/mol. The average Bonchev–Trinajstić information content (AvgIpc) is 3.45. The van der Waals surface area contributed by atoms with Gasteiger partial charge in [0.15, 0.2) is 0 Å². The predicted octanol–water partition coefficient (Wildman–Crippen LogP) is 3.95. The molecule has 7 heteroatoms. The molecular weight excluding hydrogens is 376 g/mol. The van der Waals surface area contributed by atoms with Crippen LogP contribution in [0.2, 0.25) is 0 Å². The van der Waals surface area contributed by atoms with Crippen LogP contribution in [-0.4, -0.2) is 23.0 Å². The van der Waals surface area contributed by atoms with E-state index in [2.05, 4.69) is 10.3 Å². The third-order valence-corrected chi connectivity index (χ3v) is 5.33. The number of pyridine rings is 1. The molecule has 2 aliphatic rings. The maximum Gasteiger partial charge on any atom is 0.252 e. The zero-order valence-electron chi connectivity index (χ0n) is 14.6. The van der Waals surface area contributed by atoms with Crippen molar-refractivity contribution in [1.82, 2.24) is 10.3 Å². The van der Waals surface area contributed by atoms with Crippen LogP contribution in [0, 0.1) is 11.7 Å². The Labute approximate surface area is 164 Å². The maximum atomic E-state index is 13.7. The van der Waals surface area contributed by atoms with E-state index in [4.69, 9.17) is 5.73 Å². The van der Waals surface area contributed by atoms with Crippen LogP contribution in [0.3, 0.4) is 0 Å². The molecule has 0 radical (unpaired) electrons. The van der Waals surface area contributed by atoms with E-state index in [1.807, 2.05) is 13.0 Å². The first-order valence-corrected chi connectivity index (χ1v) is 8.63. The first-order chi connectivity index (χ1) is 11.5. The highest BCUT2D eigenvalue weighted by Crippen LogP contribution is 2.41. The van der Waals surface area contributed by atoms with Gasteiger partial charge in [-0.1, -0.05) is 0 Å². The Morgan fingerprint density at radius 1 is 1.27 bits per heavy atom. The second-order valence-corrected chi connectivity index (χ2v) is 7.38. The number of aromatic nitrogens is 1. The second kappa shape index (κ2) is 7.67. The van der Waals surface area contributed by atoms with Gasteiger partial charge in [0, 0.05) is 23.5 Å². The monoisotopic (exact) mass is 399 g/mol. The van der Waals surface area contributed by atoms with Gasteiger partial charge in [-0.05, 0) is 62.8 Å². The third-order valence-electron chi connectivity index (χ3n) is 5.33. The van der Waals surface area contributed by atoms with E-state index in [0.717, 1.165) is 31.4 Å². The van der Waals surface area contributed by atoms with Gasteiger partial charge in [-0.25, -0.2) is 4.39 Å². The number of halogens is 3. The normalized spacial score (nSPS) is 18.4. The van der Waals surface area contributed by atoms with E-state index in [0.29, 0.717) is 34.8 Å². The van der Waals surface area contributed by atoms with Gasteiger partial charge in [0.05, 0.1) is 16.6 Å². The summed E-state index contributed by atoms with van der Waals surface area (Å²) >= 11 is 0. The van der Waals surface area contributed by atoms with Crippen LogP contribution in [-0.2, 0) is 0 Å². The minimum absolute atomic E-state index is 0. The summed E-state index contributed by atoms with van der Waals surface area (Å²) in [6.45, 7) is 2.39. The van der Waals surface area contributed by atoms with Crippen molar-refractivity contribution in [3.8, 4) is 0 Å². The summed E-state index contributed by atoms with van der Waals surface area (Å²) < 4.78 is 13.7. The second-order valence-electron chi connectivity index (χ2n) is 7.38. The summed E-state index contributed by atoms with van der Waals surface area (Å²) in [5.41, 5.74) is 7.61. The highest BCUT2D eigenvalue weighted by molar-refractivity contribution is 6.06. The van der Waals surface area contributed by atoms with Crippen molar-refractivity contribution < 1.29 is 9.18 Å². The summed E-state index contributed by atoms with van der Waals surface area (Å²) in [6.07, 6.45) is 4.38. The lowest BCUT2D eigenvalue weighted by molar-refractivity contribution is 0.0899. The molecule has 1 aromatic carbocycles. The molecule has 4 nitrogen and oxygen atoms in total. The van der Waals surface area contributed by atoms with Crippen molar-refractivity contribution in [3.05, 3.63) is 41.3 Å². The van der Waals surface area contributed by atoms with Gasteiger partial charge in [0.1, 0.15) is 5.82 Å². The summed E-state index contributed by atoms with van der Waals surface area (Å²) in [5, 5.41) is 3.67. The van der Waals surface area contributed by atoms with Gasteiger partial charge in [-0.15, -0.1) is 24.8 Å². The van der Waals surface area contributed by atoms with Gasteiger partial charge in [-0.2, -0.15) is 0 Å². The molecule has 2 aliphatic carbocycles. The minimum Gasteiger partial charge on any atom is -0.345 e. The number of benzene rings is 1. The molecule has 1 heterocycles. The van der Waals surface area contributed by atoms with Crippen LogP contribution >= 0.6 is 24.8 Å². The van der Waals surface area contributed by atoms with E-state index >= 15 is 0 Å².